The number of hydrogen-bond acceptors (Lipinski definition) is 6. The Morgan fingerprint density at radius 1 is 1.11 bits per heavy atom. The standard InChI is InChI=1S/C28H28N4O3S/c1-4-14-34-24-12-10-21(11-13-24)26-22(18-32(30-26)23-8-6-5-7-9-23)15-25-27(33)29-28(36-25)31-16-19(2)35-20(3)17-31/h4-13,15,18-20H,1,14,16-17H2,2-3H3/b25-15-/t19-,20-/m0/s1. The summed E-state index contributed by atoms with van der Waals surface area (Å²) in [5.74, 6) is 0.531. The summed E-state index contributed by atoms with van der Waals surface area (Å²) in [5, 5.41) is 5.60. The Hall–Kier alpha value is -3.62. The number of thioether (sulfide) groups is 1. The highest BCUT2D eigenvalue weighted by Gasteiger charge is 2.31. The second-order valence-corrected chi connectivity index (χ2v) is 9.82. The fourth-order valence-corrected chi connectivity index (χ4v) is 5.23. The van der Waals surface area contributed by atoms with Gasteiger partial charge in [0.05, 0.1) is 28.5 Å². The van der Waals surface area contributed by atoms with Gasteiger partial charge in [0.1, 0.15) is 12.4 Å². The smallest absolute Gasteiger partial charge is 0.286 e. The molecular formula is C28H28N4O3S. The maximum Gasteiger partial charge on any atom is 0.286 e. The minimum Gasteiger partial charge on any atom is -0.490 e. The predicted molar refractivity (Wildman–Crippen MR) is 144 cm³/mol. The van der Waals surface area contributed by atoms with Crippen LogP contribution >= 0.6 is 11.8 Å². The Balaban J connectivity index is 1.46. The van der Waals surface area contributed by atoms with Gasteiger partial charge in [-0.05, 0) is 68.1 Å². The minimum atomic E-state index is -0.228. The molecule has 1 fully saturated rings. The molecule has 0 aliphatic carbocycles. The number of nitrogens with zero attached hydrogens (tertiary/aromatic N) is 4. The molecule has 0 N–H and O–H groups in total. The van der Waals surface area contributed by atoms with Crippen LogP contribution in [0.15, 0.2) is 83.3 Å². The number of carbonyl (C=O) groups is 1. The van der Waals surface area contributed by atoms with Crippen LogP contribution in [0.5, 0.6) is 5.75 Å². The molecule has 2 aliphatic rings. The monoisotopic (exact) mass is 500 g/mol. The molecule has 0 spiro atoms. The third kappa shape index (κ3) is 5.29. The molecule has 3 heterocycles. The molecule has 1 amide bonds. The number of carbonyl (C=O) groups excluding carboxylic acids is 1. The first-order chi connectivity index (χ1) is 17.5. The van der Waals surface area contributed by atoms with Gasteiger partial charge in [-0.3, -0.25) is 4.79 Å². The lowest BCUT2D eigenvalue weighted by Crippen LogP contribution is -2.47. The SMILES string of the molecule is C=CCOc1ccc(-c2nn(-c3ccccc3)cc2/C=C2\SC(N3C[C@H](C)O[C@@H](C)C3)=NC2=O)cc1. The van der Waals surface area contributed by atoms with E-state index < -0.39 is 0 Å². The molecule has 0 saturated carbocycles. The van der Waals surface area contributed by atoms with E-state index in [-0.39, 0.29) is 18.1 Å². The highest BCUT2D eigenvalue weighted by Crippen LogP contribution is 2.34. The van der Waals surface area contributed by atoms with Crippen LogP contribution in [-0.2, 0) is 9.53 Å². The number of ether oxygens (including phenoxy) is 2. The van der Waals surface area contributed by atoms with Crippen molar-refractivity contribution in [3.63, 3.8) is 0 Å². The molecule has 36 heavy (non-hydrogen) atoms. The molecule has 3 aromatic rings. The molecule has 184 valence electrons. The van der Waals surface area contributed by atoms with Crippen LogP contribution in [0.4, 0.5) is 0 Å². The van der Waals surface area contributed by atoms with Crippen molar-refractivity contribution in [3.8, 4) is 22.7 Å². The minimum absolute atomic E-state index is 0.0920. The molecule has 0 unspecified atom stereocenters. The Bertz CT molecular complexity index is 1300. The Morgan fingerprint density at radius 2 is 1.83 bits per heavy atom. The van der Waals surface area contributed by atoms with Crippen LogP contribution in [0.1, 0.15) is 19.4 Å². The average molecular weight is 501 g/mol. The Kier molecular flexibility index (Phi) is 7.06. The van der Waals surface area contributed by atoms with Gasteiger partial charge in [-0.25, -0.2) is 4.68 Å². The molecule has 2 atom stereocenters. The molecule has 8 heteroatoms. The van der Waals surface area contributed by atoms with E-state index in [4.69, 9.17) is 14.6 Å². The molecule has 0 radical (unpaired) electrons. The third-order valence-corrected chi connectivity index (χ3v) is 6.89. The van der Waals surface area contributed by atoms with E-state index >= 15 is 0 Å². The van der Waals surface area contributed by atoms with Gasteiger partial charge in [-0.1, -0.05) is 30.9 Å². The third-order valence-electron chi connectivity index (χ3n) is 5.84. The van der Waals surface area contributed by atoms with Gasteiger partial charge >= 0.3 is 0 Å². The van der Waals surface area contributed by atoms with Gasteiger partial charge in [-0.15, -0.1) is 0 Å². The van der Waals surface area contributed by atoms with Crippen LogP contribution in [0.25, 0.3) is 23.0 Å². The fourth-order valence-electron chi connectivity index (χ4n) is 4.30. The van der Waals surface area contributed by atoms with Crippen LogP contribution in [0.3, 0.4) is 0 Å². The van der Waals surface area contributed by atoms with Crippen LogP contribution in [-0.4, -0.2) is 57.7 Å². The zero-order valence-corrected chi connectivity index (χ0v) is 21.1. The molecule has 5 rings (SSSR count). The number of para-hydroxylation sites is 1. The first-order valence-electron chi connectivity index (χ1n) is 11.9. The van der Waals surface area contributed by atoms with Crippen LogP contribution in [0, 0.1) is 0 Å². The summed E-state index contributed by atoms with van der Waals surface area (Å²) < 4.78 is 13.3. The van der Waals surface area contributed by atoms with Gasteiger partial charge in [0.15, 0.2) is 5.17 Å². The summed E-state index contributed by atoms with van der Waals surface area (Å²) in [7, 11) is 0. The zero-order valence-electron chi connectivity index (χ0n) is 20.3. The van der Waals surface area contributed by atoms with E-state index in [2.05, 4.69) is 16.5 Å². The first-order valence-corrected chi connectivity index (χ1v) is 12.7. The highest BCUT2D eigenvalue weighted by molar-refractivity contribution is 8.18. The molecule has 2 aromatic carbocycles. The van der Waals surface area contributed by atoms with E-state index in [1.54, 1.807) is 6.08 Å². The van der Waals surface area contributed by atoms with Gasteiger partial charge < -0.3 is 14.4 Å². The first kappa shape index (κ1) is 24.1. The summed E-state index contributed by atoms with van der Waals surface area (Å²) in [4.78, 5) is 20.0. The number of hydrogen-bond donors (Lipinski definition) is 0. The predicted octanol–water partition coefficient (Wildman–Crippen LogP) is 5.18. The number of amidine groups is 1. The van der Waals surface area contributed by atoms with Crippen molar-refractivity contribution >= 4 is 28.9 Å². The van der Waals surface area contributed by atoms with Gasteiger partial charge in [0, 0.05) is 30.4 Å². The van der Waals surface area contributed by atoms with Crippen molar-refractivity contribution in [2.45, 2.75) is 26.1 Å². The van der Waals surface area contributed by atoms with Crippen molar-refractivity contribution < 1.29 is 14.3 Å². The van der Waals surface area contributed by atoms with E-state index in [1.165, 1.54) is 11.8 Å². The zero-order chi connectivity index (χ0) is 25.1. The number of rotatable bonds is 6. The van der Waals surface area contributed by atoms with E-state index in [9.17, 15) is 4.79 Å². The van der Waals surface area contributed by atoms with E-state index in [1.807, 2.05) is 85.4 Å². The van der Waals surface area contributed by atoms with Gasteiger partial charge in [0.2, 0.25) is 0 Å². The lowest BCUT2D eigenvalue weighted by Gasteiger charge is -2.35. The highest BCUT2D eigenvalue weighted by atomic mass is 32.2. The van der Waals surface area contributed by atoms with E-state index in [0.717, 1.165) is 33.4 Å². The molecule has 7 nitrogen and oxygen atoms in total. The molecule has 0 bridgehead atoms. The lowest BCUT2D eigenvalue weighted by molar-refractivity contribution is -0.113. The number of aromatic nitrogens is 2. The molecular weight excluding hydrogens is 472 g/mol. The number of morpholine rings is 1. The second-order valence-electron chi connectivity index (χ2n) is 8.81. The number of amides is 1. The van der Waals surface area contributed by atoms with Crippen LogP contribution < -0.4 is 4.74 Å². The number of aliphatic imine (C=N–C) groups is 1. The van der Waals surface area contributed by atoms with Crippen molar-refractivity contribution in [3.05, 3.63) is 83.9 Å². The van der Waals surface area contributed by atoms with Crippen molar-refractivity contribution in [1.82, 2.24) is 14.7 Å². The summed E-state index contributed by atoms with van der Waals surface area (Å²) in [6.07, 6.45) is 5.74. The van der Waals surface area contributed by atoms with Gasteiger partial charge in [-0.2, -0.15) is 10.1 Å². The maximum atomic E-state index is 12.9. The van der Waals surface area contributed by atoms with Crippen molar-refractivity contribution in [2.24, 2.45) is 4.99 Å². The second kappa shape index (κ2) is 10.6. The summed E-state index contributed by atoms with van der Waals surface area (Å²) in [5.41, 5.74) is 3.48. The number of benzene rings is 2. The normalized spacial score (nSPS) is 21.1. The maximum absolute atomic E-state index is 12.9. The largest absolute Gasteiger partial charge is 0.490 e. The Morgan fingerprint density at radius 3 is 2.53 bits per heavy atom. The quantitative estimate of drug-likeness (QED) is 0.343. The molecule has 1 aromatic heterocycles. The van der Waals surface area contributed by atoms with Crippen molar-refractivity contribution in [2.75, 3.05) is 19.7 Å². The van der Waals surface area contributed by atoms with E-state index in [0.29, 0.717) is 24.6 Å². The topological polar surface area (TPSA) is 68.9 Å². The molecule has 2 aliphatic heterocycles. The van der Waals surface area contributed by atoms with Crippen molar-refractivity contribution in [1.29, 1.82) is 0 Å². The average Bonchev–Trinajstić information content (AvgIpc) is 3.47. The summed E-state index contributed by atoms with van der Waals surface area (Å²) in [6, 6.07) is 17.7. The Labute approximate surface area is 215 Å². The summed E-state index contributed by atoms with van der Waals surface area (Å²) >= 11 is 1.41. The fraction of sp³-hybridized carbons (Fsp3) is 0.250. The lowest BCUT2D eigenvalue weighted by atomic mass is 10.1. The summed E-state index contributed by atoms with van der Waals surface area (Å²) in [6.45, 7) is 9.65. The molecule has 1 saturated heterocycles. The van der Waals surface area contributed by atoms with Crippen LogP contribution in [0.2, 0.25) is 0 Å². The van der Waals surface area contributed by atoms with Gasteiger partial charge in [0.25, 0.3) is 5.91 Å².